The van der Waals surface area contributed by atoms with E-state index >= 15 is 0 Å². The molecular weight excluding hydrogens is 182 g/mol. The average Bonchev–Trinajstić information content (AvgIpc) is 2.71. The van der Waals surface area contributed by atoms with Gasteiger partial charge in [-0.05, 0) is 43.6 Å². The van der Waals surface area contributed by atoms with Crippen LogP contribution in [0.3, 0.4) is 0 Å². The molecule has 1 rings (SSSR count). The molecule has 0 amide bonds. The molecule has 1 heteroatoms. The minimum Gasteiger partial charge on any atom is -0.313 e. The van der Waals surface area contributed by atoms with E-state index in [0.29, 0.717) is 0 Å². The third-order valence-electron chi connectivity index (χ3n) is 4.16. The Morgan fingerprint density at radius 2 is 1.73 bits per heavy atom. The molecule has 90 valence electrons. The minimum absolute atomic E-state index is 0.771. The fourth-order valence-electron chi connectivity index (χ4n) is 2.82. The van der Waals surface area contributed by atoms with Crippen molar-refractivity contribution in [3.8, 4) is 0 Å². The van der Waals surface area contributed by atoms with E-state index < -0.39 is 0 Å². The molecule has 1 aliphatic rings. The van der Waals surface area contributed by atoms with Crippen molar-refractivity contribution in [3.63, 3.8) is 0 Å². The lowest BCUT2D eigenvalue weighted by atomic mass is 9.82. The van der Waals surface area contributed by atoms with Gasteiger partial charge in [0, 0.05) is 6.04 Å². The first-order valence-electron chi connectivity index (χ1n) is 6.90. The van der Waals surface area contributed by atoms with Crippen molar-refractivity contribution in [1.82, 2.24) is 5.32 Å². The zero-order valence-electron chi connectivity index (χ0n) is 11.1. The Morgan fingerprint density at radius 3 is 2.20 bits per heavy atom. The van der Waals surface area contributed by atoms with Gasteiger partial charge in [-0.1, -0.05) is 40.5 Å². The van der Waals surface area contributed by atoms with Crippen LogP contribution in [0.2, 0.25) is 0 Å². The molecule has 1 nitrogen and oxygen atoms in total. The molecule has 2 unspecified atom stereocenters. The molecule has 0 bridgehead atoms. The van der Waals surface area contributed by atoms with Gasteiger partial charge in [-0.25, -0.2) is 0 Å². The molecule has 2 atom stereocenters. The topological polar surface area (TPSA) is 12.0 Å². The normalized spacial score (nSPS) is 22.2. The zero-order valence-corrected chi connectivity index (χ0v) is 11.1. The summed E-state index contributed by atoms with van der Waals surface area (Å²) in [6.07, 6.45) is 7.09. The van der Waals surface area contributed by atoms with E-state index in [-0.39, 0.29) is 0 Å². The molecule has 0 spiro atoms. The molecule has 1 N–H and O–H groups in total. The Kier molecular flexibility index (Phi) is 5.66. The van der Waals surface area contributed by atoms with Crippen molar-refractivity contribution in [3.05, 3.63) is 0 Å². The Morgan fingerprint density at radius 1 is 1.13 bits per heavy atom. The largest absolute Gasteiger partial charge is 0.313 e. The minimum atomic E-state index is 0.771. The summed E-state index contributed by atoms with van der Waals surface area (Å²) in [4.78, 5) is 0. The van der Waals surface area contributed by atoms with Gasteiger partial charge in [-0.15, -0.1) is 0 Å². The third-order valence-corrected chi connectivity index (χ3v) is 4.16. The van der Waals surface area contributed by atoms with Gasteiger partial charge in [0.05, 0.1) is 0 Å². The van der Waals surface area contributed by atoms with Crippen LogP contribution in [-0.2, 0) is 0 Å². The van der Waals surface area contributed by atoms with Crippen molar-refractivity contribution < 1.29 is 0 Å². The quantitative estimate of drug-likeness (QED) is 0.704. The summed E-state index contributed by atoms with van der Waals surface area (Å²) in [6, 6.07) is 0.771. The standard InChI is InChI=1S/C14H29N/c1-5-10-15-14(12(4)11(2)3)13-8-6-7-9-13/h11-15H,5-10H2,1-4H3. The molecule has 0 aromatic carbocycles. The predicted molar refractivity (Wildman–Crippen MR) is 68.0 cm³/mol. The van der Waals surface area contributed by atoms with Gasteiger partial charge in [0.15, 0.2) is 0 Å². The first-order chi connectivity index (χ1) is 7.16. The van der Waals surface area contributed by atoms with Crippen molar-refractivity contribution in [1.29, 1.82) is 0 Å². The second-order valence-electron chi connectivity index (χ2n) is 5.63. The van der Waals surface area contributed by atoms with Crippen LogP contribution >= 0.6 is 0 Å². The van der Waals surface area contributed by atoms with Crippen molar-refractivity contribution >= 4 is 0 Å². The molecular formula is C14H29N. The summed E-state index contributed by atoms with van der Waals surface area (Å²) >= 11 is 0. The monoisotopic (exact) mass is 211 g/mol. The molecule has 0 aromatic rings. The van der Waals surface area contributed by atoms with Gasteiger partial charge in [-0.2, -0.15) is 0 Å². The van der Waals surface area contributed by atoms with Crippen LogP contribution in [0, 0.1) is 17.8 Å². The Bertz CT molecular complexity index is 157. The lowest BCUT2D eigenvalue weighted by molar-refractivity contribution is 0.225. The van der Waals surface area contributed by atoms with Crippen molar-refractivity contribution in [2.75, 3.05) is 6.54 Å². The smallest absolute Gasteiger partial charge is 0.0123 e. The molecule has 1 fully saturated rings. The molecule has 1 aliphatic carbocycles. The molecule has 0 saturated heterocycles. The van der Waals surface area contributed by atoms with Crippen molar-refractivity contribution in [2.45, 2.75) is 65.8 Å². The highest BCUT2D eigenvalue weighted by Gasteiger charge is 2.29. The SMILES string of the molecule is CCCNC(C1CCCC1)C(C)C(C)C. The summed E-state index contributed by atoms with van der Waals surface area (Å²) in [5, 5.41) is 3.79. The lowest BCUT2D eigenvalue weighted by Gasteiger charge is -2.33. The van der Waals surface area contributed by atoms with E-state index in [4.69, 9.17) is 0 Å². The fourth-order valence-corrected chi connectivity index (χ4v) is 2.82. The lowest BCUT2D eigenvalue weighted by Crippen LogP contribution is -2.42. The van der Waals surface area contributed by atoms with Gasteiger partial charge in [0.2, 0.25) is 0 Å². The van der Waals surface area contributed by atoms with E-state index in [1.165, 1.54) is 38.6 Å². The maximum atomic E-state index is 3.79. The van der Waals surface area contributed by atoms with Crippen LogP contribution in [-0.4, -0.2) is 12.6 Å². The van der Waals surface area contributed by atoms with E-state index in [9.17, 15) is 0 Å². The zero-order chi connectivity index (χ0) is 11.3. The van der Waals surface area contributed by atoms with Gasteiger partial charge in [-0.3, -0.25) is 0 Å². The van der Waals surface area contributed by atoms with Gasteiger partial charge < -0.3 is 5.32 Å². The van der Waals surface area contributed by atoms with Crippen LogP contribution in [0.5, 0.6) is 0 Å². The maximum absolute atomic E-state index is 3.79. The molecule has 0 aliphatic heterocycles. The highest BCUT2D eigenvalue weighted by Crippen LogP contribution is 2.32. The van der Waals surface area contributed by atoms with Gasteiger partial charge >= 0.3 is 0 Å². The second kappa shape index (κ2) is 6.52. The average molecular weight is 211 g/mol. The molecule has 0 aromatic heterocycles. The fraction of sp³-hybridized carbons (Fsp3) is 1.00. The molecule has 0 radical (unpaired) electrons. The third kappa shape index (κ3) is 3.79. The maximum Gasteiger partial charge on any atom is 0.0123 e. The summed E-state index contributed by atoms with van der Waals surface area (Å²) in [5.41, 5.74) is 0. The van der Waals surface area contributed by atoms with Crippen LogP contribution < -0.4 is 5.32 Å². The number of hydrogen-bond donors (Lipinski definition) is 1. The van der Waals surface area contributed by atoms with E-state index in [2.05, 4.69) is 33.0 Å². The highest BCUT2D eigenvalue weighted by molar-refractivity contribution is 4.85. The summed E-state index contributed by atoms with van der Waals surface area (Å²) in [6.45, 7) is 10.6. The van der Waals surface area contributed by atoms with E-state index in [1.807, 2.05) is 0 Å². The Balaban J connectivity index is 2.50. The Labute approximate surface area is 96.0 Å². The first kappa shape index (κ1) is 13.0. The van der Waals surface area contributed by atoms with Crippen molar-refractivity contribution in [2.24, 2.45) is 17.8 Å². The Hall–Kier alpha value is -0.0400. The van der Waals surface area contributed by atoms with E-state index in [1.54, 1.807) is 0 Å². The summed E-state index contributed by atoms with van der Waals surface area (Å²) < 4.78 is 0. The van der Waals surface area contributed by atoms with Gasteiger partial charge in [0.1, 0.15) is 0 Å². The summed E-state index contributed by atoms with van der Waals surface area (Å²) in [7, 11) is 0. The number of nitrogens with one attached hydrogen (secondary N) is 1. The van der Waals surface area contributed by atoms with Crippen LogP contribution in [0.25, 0.3) is 0 Å². The van der Waals surface area contributed by atoms with E-state index in [0.717, 1.165) is 23.8 Å². The number of rotatable bonds is 6. The van der Waals surface area contributed by atoms with Crippen LogP contribution in [0.15, 0.2) is 0 Å². The van der Waals surface area contributed by atoms with Crippen LogP contribution in [0.1, 0.15) is 59.8 Å². The number of hydrogen-bond acceptors (Lipinski definition) is 1. The molecule has 15 heavy (non-hydrogen) atoms. The predicted octanol–water partition coefficient (Wildman–Crippen LogP) is 3.84. The first-order valence-corrected chi connectivity index (χ1v) is 6.90. The second-order valence-corrected chi connectivity index (χ2v) is 5.63. The summed E-state index contributed by atoms with van der Waals surface area (Å²) in [5.74, 6) is 2.58. The molecule has 1 saturated carbocycles. The van der Waals surface area contributed by atoms with Crippen LogP contribution in [0.4, 0.5) is 0 Å². The molecule has 0 heterocycles. The van der Waals surface area contributed by atoms with Gasteiger partial charge in [0.25, 0.3) is 0 Å². The highest BCUT2D eigenvalue weighted by atomic mass is 14.9.